The lowest BCUT2D eigenvalue weighted by Gasteiger charge is -2.16. The number of imide groups is 1. The van der Waals surface area contributed by atoms with Gasteiger partial charge in [0.2, 0.25) is 0 Å². The number of amides is 2. The zero-order valence-electron chi connectivity index (χ0n) is 17.9. The average Bonchev–Trinajstić information content (AvgIpc) is 3.06. The van der Waals surface area contributed by atoms with Crippen molar-refractivity contribution in [3.63, 3.8) is 0 Å². The lowest BCUT2D eigenvalue weighted by molar-refractivity contribution is -0.120. The number of rotatable bonds is 7. The van der Waals surface area contributed by atoms with Crippen molar-refractivity contribution in [2.24, 2.45) is 0 Å². The highest BCUT2D eigenvalue weighted by molar-refractivity contribution is 6.46. The molecule has 1 aliphatic rings. The minimum Gasteiger partial charge on any atom is -0.497 e. The molecule has 1 aliphatic heterocycles. The van der Waals surface area contributed by atoms with Crippen LogP contribution in [0, 0.1) is 11.6 Å². The van der Waals surface area contributed by atoms with Crippen LogP contribution in [0.1, 0.15) is 12.5 Å². The number of methoxy groups -OCH3 is 1. The normalized spacial score (nSPS) is 13.5. The fraction of sp³-hybridized carbons (Fsp3) is 0.120. The Labute approximate surface area is 189 Å². The van der Waals surface area contributed by atoms with E-state index in [1.807, 2.05) is 6.92 Å². The molecule has 3 aromatic carbocycles. The number of anilines is 2. The molecule has 0 unspecified atom stereocenters. The molecule has 6 nitrogen and oxygen atoms in total. The van der Waals surface area contributed by atoms with E-state index >= 15 is 0 Å². The fourth-order valence-corrected chi connectivity index (χ4v) is 3.48. The summed E-state index contributed by atoms with van der Waals surface area (Å²) in [5.41, 5.74) is 0.994. The maximum Gasteiger partial charge on any atom is 0.282 e. The molecule has 0 saturated heterocycles. The molecular weight excluding hydrogens is 430 g/mol. The van der Waals surface area contributed by atoms with Gasteiger partial charge in [0.1, 0.15) is 17.2 Å². The molecule has 0 bridgehead atoms. The molecule has 4 rings (SSSR count). The Hall–Kier alpha value is -4.20. The van der Waals surface area contributed by atoms with Crippen LogP contribution in [0.3, 0.4) is 0 Å². The molecule has 0 saturated carbocycles. The number of carbonyl (C=O) groups is 2. The van der Waals surface area contributed by atoms with Gasteiger partial charge < -0.3 is 14.8 Å². The van der Waals surface area contributed by atoms with Crippen LogP contribution in [0.5, 0.6) is 11.5 Å². The standard InChI is InChI=1S/C25H20F2N2O4/c1-3-33-19-9-4-15(5-10-19)22-23(28-16-6-13-20(26)21(27)14-16)25(31)29(24(22)30)17-7-11-18(32-2)12-8-17/h4-14,28H,3H2,1-2H3. The van der Waals surface area contributed by atoms with Gasteiger partial charge in [0.25, 0.3) is 11.8 Å². The first kappa shape index (κ1) is 22.0. The summed E-state index contributed by atoms with van der Waals surface area (Å²) in [5.74, 6) is -2.10. The highest BCUT2D eigenvalue weighted by Crippen LogP contribution is 2.35. The molecular formula is C25H20F2N2O4. The quantitative estimate of drug-likeness (QED) is 0.526. The number of nitrogens with zero attached hydrogens (tertiary/aromatic N) is 1. The first-order valence-corrected chi connectivity index (χ1v) is 10.2. The summed E-state index contributed by atoms with van der Waals surface area (Å²) in [6, 6.07) is 16.3. The molecule has 1 N–H and O–H groups in total. The van der Waals surface area contributed by atoms with Crippen LogP contribution in [0.4, 0.5) is 20.2 Å². The van der Waals surface area contributed by atoms with E-state index in [4.69, 9.17) is 9.47 Å². The van der Waals surface area contributed by atoms with Crippen LogP contribution < -0.4 is 19.7 Å². The number of hydrogen-bond donors (Lipinski definition) is 1. The Balaban J connectivity index is 1.78. The fourth-order valence-electron chi connectivity index (χ4n) is 3.48. The summed E-state index contributed by atoms with van der Waals surface area (Å²) in [7, 11) is 1.51. The van der Waals surface area contributed by atoms with Gasteiger partial charge in [-0.3, -0.25) is 9.59 Å². The van der Waals surface area contributed by atoms with E-state index in [0.29, 0.717) is 29.4 Å². The number of nitrogens with one attached hydrogen (secondary N) is 1. The summed E-state index contributed by atoms with van der Waals surface area (Å²) in [4.78, 5) is 27.8. The second kappa shape index (κ2) is 9.12. The Kier molecular flexibility index (Phi) is 6.08. The average molecular weight is 450 g/mol. The first-order chi connectivity index (χ1) is 15.9. The number of ether oxygens (including phenoxy) is 2. The number of benzene rings is 3. The lowest BCUT2D eigenvalue weighted by Crippen LogP contribution is -2.32. The van der Waals surface area contributed by atoms with E-state index in [1.54, 1.807) is 48.5 Å². The van der Waals surface area contributed by atoms with E-state index < -0.39 is 23.4 Å². The molecule has 0 atom stereocenters. The molecule has 2 amide bonds. The zero-order chi connectivity index (χ0) is 23.5. The Morgan fingerprint density at radius 1 is 0.848 bits per heavy atom. The highest BCUT2D eigenvalue weighted by atomic mass is 19.2. The molecule has 3 aromatic rings. The van der Waals surface area contributed by atoms with Crippen LogP contribution in [-0.4, -0.2) is 25.5 Å². The van der Waals surface area contributed by atoms with E-state index in [1.165, 1.54) is 13.2 Å². The van der Waals surface area contributed by atoms with Crippen molar-refractivity contribution < 1.29 is 27.8 Å². The topological polar surface area (TPSA) is 67.9 Å². The molecule has 0 aliphatic carbocycles. The van der Waals surface area contributed by atoms with Crippen molar-refractivity contribution in [1.82, 2.24) is 0 Å². The number of hydrogen-bond acceptors (Lipinski definition) is 5. The molecule has 0 spiro atoms. The van der Waals surface area contributed by atoms with Gasteiger partial charge in [-0.2, -0.15) is 0 Å². The van der Waals surface area contributed by atoms with E-state index in [0.717, 1.165) is 17.0 Å². The van der Waals surface area contributed by atoms with Crippen molar-refractivity contribution in [3.05, 3.63) is 89.6 Å². The van der Waals surface area contributed by atoms with Crippen molar-refractivity contribution >= 4 is 28.8 Å². The van der Waals surface area contributed by atoms with Gasteiger partial charge in [-0.1, -0.05) is 12.1 Å². The van der Waals surface area contributed by atoms with Gasteiger partial charge in [0, 0.05) is 11.8 Å². The van der Waals surface area contributed by atoms with Gasteiger partial charge in [-0.25, -0.2) is 13.7 Å². The van der Waals surface area contributed by atoms with Crippen LogP contribution in [0.15, 0.2) is 72.4 Å². The SMILES string of the molecule is CCOc1ccc(C2=C(Nc3ccc(F)c(F)c3)C(=O)N(c3ccc(OC)cc3)C2=O)cc1. The number of halogens is 2. The minimum atomic E-state index is -1.08. The van der Waals surface area contributed by atoms with Gasteiger partial charge in [0.05, 0.1) is 25.0 Å². The van der Waals surface area contributed by atoms with Crippen molar-refractivity contribution in [2.45, 2.75) is 6.92 Å². The molecule has 0 aromatic heterocycles. The Bertz CT molecular complexity index is 1240. The largest absolute Gasteiger partial charge is 0.497 e. The van der Waals surface area contributed by atoms with Crippen LogP contribution in [0.25, 0.3) is 5.57 Å². The van der Waals surface area contributed by atoms with E-state index in [-0.39, 0.29) is 17.0 Å². The van der Waals surface area contributed by atoms with E-state index in [9.17, 15) is 18.4 Å². The maximum absolute atomic E-state index is 13.8. The van der Waals surface area contributed by atoms with Gasteiger partial charge in [-0.05, 0) is 61.0 Å². The first-order valence-electron chi connectivity index (χ1n) is 10.2. The molecule has 168 valence electrons. The van der Waals surface area contributed by atoms with E-state index in [2.05, 4.69) is 5.32 Å². The predicted octanol–water partition coefficient (Wildman–Crippen LogP) is 4.77. The van der Waals surface area contributed by atoms with Crippen LogP contribution in [0.2, 0.25) is 0 Å². The second-order valence-electron chi connectivity index (χ2n) is 7.11. The molecule has 0 fully saturated rings. The summed E-state index contributed by atoms with van der Waals surface area (Å²) < 4.78 is 37.7. The van der Waals surface area contributed by atoms with Crippen molar-refractivity contribution in [2.75, 3.05) is 23.9 Å². The minimum absolute atomic E-state index is 0.0500. The molecule has 0 radical (unpaired) electrons. The molecule has 1 heterocycles. The number of carbonyl (C=O) groups excluding carboxylic acids is 2. The van der Waals surface area contributed by atoms with Gasteiger partial charge >= 0.3 is 0 Å². The second-order valence-corrected chi connectivity index (χ2v) is 7.11. The summed E-state index contributed by atoms with van der Waals surface area (Å²) in [6.07, 6.45) is 0. The van der Waals surface area contributed by atoms with Gasteiger partial charge in [-0.15, -0.1) is 0 Å². The van der Waals surface area contributed by atoms with Crippen LogP contribution >= 0.6 is 0 Å². The van der Waals surface area contributed by atoms with Crippen molar-refractivity contribution in [1.29, 1.82) is 0 Å². The highest BCUT2D eigenvalue weighted by Gasteiger charge is 2.40. The lowest BCUT2D eigenvalue weighted by atomic mass is 10.0. The predicted molar refractivity (Wildman–Crippen MR) is 120 cm³/mol. The van der Waals surface area contributed by atoms with Crippen molar-refractivity contribution in [3.8, 4) is 11.5 Å². The zero-order valence-corrected chi connectivity index (χ0v) is 17.9. The third-order valence-electron chi connectivity index (χ3n) is 5.06. The summed E-state index contributed by atoms with van der Waals surface area (Å²) >= 11 is 0. The Morgan fingerprint density at radius 2 is 1.52 bits per heavy atom. The monoisotopic (exact) mass is 450 g/mol. The summed E-state index contributed by atoms with van der Waals surface area (Å²) in [5, 5.41) is 2.80. The smallest absolute Gasteiger partial charge is 0.282 e. The summed E-state index contributed by atoms with van der Waals surface area (Å²) in [6.45, 7) is 2.33. The molecule has 33 heavy (non-hydrogen) atoms. The third-order valence-corrected chi connectivity index (χ3v) is 5.06. The maximum atomic E-state index is 13.8. The molecule has 8 heteroatoms. The Morgan fingerprint density at radius 3 is 2.12 bits per heavy atom. The third kappa shape index (κ3) is 4.27. The van der Waals surface area contributed by atoms with Gasteiger partial charge in [0.15, 0.2) is 11.6 Å². The van der Waals surface area contributed by atoms with Crippen LogP contribution in [-0.2, 0) is 9.59 Å².